The smallest absolute Gasteiger partial charge is 0.326 e. The standard InChI is InChI=1S/C13H24N2O5/c1-5-9(2)11(12(17)18)14-13(19)15(3)8-6-7-10(16)20-4/h9,11H,5-8H2,1-4H3,(H,14,19)(H,17,18). The fourth-order valence-corrected chi connectivity index (χ4v) is 1.59. The summed E-state index contributed by atoms with van der Waals surface area (Å²) in [6.07, 6.45) is 1.35. The molecule has 20 heavy (non-hydrogen) atoms. The van der Waals surface area contributed by atoms with Gasteiger partial charge in [-0.05, 0) is 12.3 Å². The topological polar surface area (TPSA) is 95.9 Å². The van der Waals surface area contributed by atoms with E-state index in [0.29, 0.717) is 19.4 Å². The van der Waals surface area contributed by atoms with Crippen molar-refractivity contribution in [1.29, 1.82) is 0 Å². The van der Waals surface area contributed by atoms with Gasteiger partial charge in [0.05, 0.1) is 7.11 Å². The molecule has 2 N–H and O–H groups in total. The van der Waals surface area contributed by atoms with Gasteiger partial charge in [-0.2, -0.15) is 0 Å². The van der Waals surface area contributed by atoms with E-state index >= 15 is 0 Å². The van der Waals surface area contributed by atoms with Crippen molar-refractivity contribution in [2.45, 2.75) is 39.2 Å². The lowest BCUT2D eigenvalue weighted by Gasteiger charge is -2.24. The number of esters is 1. The van der Waals surface area contributed by atoms with E-state index in [9.17, 15) is 14.4 Å². The number of aliphatic carboxylic acids is 1. The van der Waals surface area contributed by atoms with Crippen LogP contribution in [0.3, 0.4) is 0 Å². The third kappa shape index (κ3) is 6.40. The Morgan fingerprint density at radius 3 is 2.40 bits per heavy atom. The van der Waals surface area contributed by atoms with Crippen LogP contribution >= 0.6 is 0 Å². The summed E-state index contributed by atoms with van der Waals surface area (Å²) >= 11 is 0. The van der Waals surface area contributed by atoms with Crippen molar-refractivity contribution in [3.05, 3.63) is 0 Å². The normalized spacial score (nSPS) is 13.2. The highest BCUT2D eigenvalue weighted by Gasteiger charge is 2.26. The zero-order valence-corrected chi connectivity index (χ0v) is 12.5. The molecule has 2 atom stereocenters. The van der Waals surface area contributed by atoms with Crippen molar-refractivity contribution < 1.29 is 24.2 Å². The lowest BCUT2D eigenvalue weighted by molar-refractivity contribution is -0.141. The van der Waals surface area contributed by atoms with Crippen molar-refractivity contribution in [3.8, 4) is 0 Å². The number of nitrogens with zero attached hydrogens (tertiary/aromatic N) is 1. The molecule has 7 heteroatoms. The molecule has 0 heterocycles. The monoisotopic (exact) mass is 288 g/mol. The molecule has 0 aliphatic heterocycles. The van der Waals surface area contributed by atoms with Gasteiger partial charge >= 0.3 is 18.0 Å². The van der Waals surface area contributed by atoms with Crippen molar-refractivity contribution in [2.75, 3.05) is 20.7 Å². The number of ether oxygens (including phenoxy) is 1. The van der Waals surface area contributed by atoms with Crippen LogP contribution in [-0.2, 0) is 14.3 Å². The number of nitrogens with one attached hydrogen (secondary N) is 1. The van der Waals surface area contributed by atoms with E-state index in [2.05, 4.69) is 10.1 Å². The molecule has 7 nitrogen and oxygen atoms in total. The van der Waals surface area contributed by atoms with Crippen molar-refractivity contribution in [2.24, 2.45) is 5.92 Å². The van der Waals surface area contributed by atoms with E-state index in [1.807, 2.05) is 6.92 Å². The van der Waals surface area contributed by atoms with Crippen molar-refractivity contribution in [3.63, 3.8) is 0 Å². The number of urea groups is 1. The third-order valence-corrected chi connectivity index (χ3v) is 3.21. The predicted octanol–water partition coefficient (Wildman–Crippen LogP) is 1.08. The molecule has 0 rings (SSSR count). The third-order valence-electron chi connectivity index (χ3n) is 3.21. The molecule has 0 aromatic rings. The molecule has 0 spiro atoms. The zero-order valence-electron chi connectivity index (χ0n) is 12.5. The Bertz CT molecular complexity index is 346. The number of carboxylic acid groups (broad SMARTS) is 1. The molecule has 0 bridgehead atoms. The first-order valence-corrected chi connectivity index (χ1v) is 6.64. The first-order chi connectivity index (χ1) is 9.33. The van der Waals surface area contributed by atoms with Gasteiger partial charge in [-0.1, -0.05) is 20.3 Å². The summed E-state index contributed by atoms with van der Waals surface area (Å²) in [4.78, 5) is 35.3. The molecular weight excluding hydrogens is 264 g/mol. The number of rotatable bonds is 8. The number of hydrogen-bond acceptors (Lipinski definition) is 4. The summed E-state index contributed by atoms with van der Waals surface area (Å²) in [5.74, 6) is -1.53. The van der Waals surface area contributed by atoms with Gasteiger partial charge in [0.1, 0.15) is 6.04 Å². The lowest BCUT2D eigenvalue weighted by Crippen LogP contribution is -2.49. The number of carbonyl (C=O) groups is 3. The lowest BCUT2D eigenvalue weighted by atomic mass is 9.99. The van der Waals surface area contributed by atoms with Gasteiger partial charge in [-0.15, -0.1) is 0 Å². The molecule has 0 aromatic carbocycles. The Morgan fingerprint density at radius 1 is 1.35 bits per heavy atom. The van der Waals surface area contributed by atoms with E-state index < -0.39 is 18.0 Å². The van der Waals surface area contributed by atoms with Gasteiger partial charge in [-0.3, -0.25) is 4.79 Å². The second-order valence-electron chi connectivity index (χ2n) is 4.75. The van der Waals surface area contributed by atoms with Gasteiger partial charge in [0.2, 0.25) is 0 Å². The highest BCUT2D eigenvalue weighted by Crippen LogP contribution is 2.08. The molecule has 0 aromatic heterocycles. The molecule has 0 saturated carbocycles. The zero-order chi connectivity index (χ0) is 15.7. The van der Waals surface area contributed by atoms with Crippen LogP contribution in [0.25, 0.3) is 0 Å². The first-order valence-electron chi connectivity index (χ1n) is 6.64. The SMILES string of the molecule is CCC(C)C(NC(=O)N(C)CCCC(=O)OC)C(=O)O. The molecule has 0 aliphatic carbocycles. The maximum absolute atomic E-state index is 11.9. The second kappa shape index (κ2) is 9.17. The highest BCUT2D eigenvalue weighted by molar-refractivity contribution is 5.82. The summed E-state index contributed by atoms with van der Waals surface area (Å²) in [7, 11) is 2.87. The van der Waals surface area contributed by atoms with E-state index in [-0.39, 0.29) is 18.3 Å². The number of carbonyl (C=O) groups excluding carboxylic acids is 2. The summed E-state index contributed by atoms with van der Waals surface area (Å²) in [6, 6.07) is -1.36. The van der Waals surface area contributed by atoms with Crippen LogP contribution in [0.5, 0.6) is 0 Å². The van der Waals surface area contributed by atoms with Gasteiger partial charge < -0.3 is 20.1 Å². The Morgan fingerprint density at radius 2 is 1.95 bits per heavy atom. The van der Waals surface area contributed by atoms with Crippen LogP contribution in [0.4, 0.5) is 4.79 Å². The summed E-state index contributed by atoms with van der Waals surface area (Å²) in [5, 5.41) is 11.6. The van der Waals surface area contributed by atoms with Gasteiger partial charge in [0, 0.05) is 20.0 Å². The number of methoxy groups -OCH3 is 1. The predicted molar refractivity (Wildman–Crippen MR) is 73.3 cm³/mol. The molecular formula is C13H24N2O5. The van der Waals surface area contributed by atoms with E-state index in [0.717, 1.165) is 0 Å². The summed E-state index contributed by atoms with van der Waals surface area (Å²) in [6.45, 7) is 4.00. The van der Waals surface area contributed by atoms with Gasteiger partial charge in [0.15, 0.2) is 0 Å². The van der Waals surface area contributed by atoms with Crippen LogP contribution in [-0.4, -0.2) is 54.7 Å². The maximum Gasteiger partial charge on any atom is 0.326 e. The van der Waals surface area contributed by atoms with E-state index in [1.165, 1.54) is 12.0 Å². The largest absolute Gasteiger partial charge is 0.480 e. The molecule has 0 saturated heterocycles. The van der Waals surface area contributed by atoms with Crippen LogP contribution < -0.4 is 5.32 Å². The van der Waals surface area contributed by atoms with E-state index in [1.54, 1.807) is 14.0 Å². The molecule has 0 fully saturated rings. The van der Waals surface area contributed by atoms with E-state index in [4.69, 9.17) is 5.11 Å². The van der Waals surface area contributed by atoms with Crippen molar-refractivity contribution in [1.82, 2.24) is 10.2 Å². The molecule has 116 valence electrons. The van der Waals surface area contributed by atoms with Crippen LogP contribution in [0.2, 0.25) is 0 Å². The Labute approximate surface area is 119 Å². The minimum Gasteiger partial charge on any atom is -0.480 e. The number of carboxylic acids is 1. The average molecular weight is 288 g/mol. The second-order valence-corrected chi connectivity index (χ2v) is 4.75. The quantitative estimate of drug-likeness (QED) is 0.652. The first kappa shape index (κ1) is 18.2. The molecule has 0 radical (unpaired) electrons. The molecule has 0 aliphatic rings. The Kier molecular flexibility index (Phi) is 8.35. The molecule has 2 unspecified atom stereocenters. The minimum absolute atomic E-state index is 0.153. The van der Waals surface area contributed by atoms with Gasteiger partial charge in [-0.25, -0.2) is 9.59 Å². The average Bonchev–Trinajstić information content (AvgIpc) is 2.42. The Balaban J connectivity index is 4.29. The van der Waals surface area contributed by atoms with Crippen LogP contribution in [0, 0.1) is 5.92 Å². The fourth-order valence-electron chi connectivity index (χ4n) is 1.59. The fraction of sp³-hybridized carbons (Fsp3) is 0.769. The van der Waals surface area contributed by atoms with Crippen molar-refractivity contribution >= 4 is 18.0 Å². The van der Waals surface area contributed by atoms with Crippen LogP contribution in [0.15, 0.2) is 0 Å². The summed E-state index contributed by atoms with van der Waals surface area (Å²) < 4.78 is 4.50. The minimum atomic E-state index is -1.05. The number of hydrogen-bond donors (Lipinski definition) is 2. The maximum atomic E-state index is 11.9. The molecule has 2 amide bonds. The highest BCUT2D eigenvalue weighted by atomic mass is 16.5. The van der Waals surface area contributed by atoms with Crippen LogP contribution in [0.1, 0.15) is 33.1 Å². The number of amides is 2. The van der Waals surface area contributed by atoms with Gasteiger partial charge in [0.25, 0.3) is 0 Å². The Hall–Kier alpha value is -1.79. The summed E-state index contributed by atoms with van der Waals surface area (Å²) in [5.41, 5.74) is 0.